The second-order valence-corrected chi connectivity index (χ2v) is 5.81. The number of halogens is 1. The van der Waals surface area contributed by atoms with Gasteiger partial charge in [-0.15, -0.1) is 0 Å². The lowest BCUT2D eigenvalue weighted by Gasteiger charge is -2.27. The molecule has 0 unspecified atom stereocenters. The minimum Gasteiger partial charge on any atom is -0.398 e. The first-order valence-corrected chi connectivity index (χ1v) is 5.89. The number of hydrogen-bond acceptors (Lipinski definition) is 2. The Morgan fingerprint density at radius 1 is 1.41 bits per heavy atom. The van der Waals surface area contributed by atoms with E-state index in [0.29, 0.717) is 22.8 Å². The van der Waals surface area contributed by atoms with Gasteiger partial charge in [-0.25, -0.2) is 0 Å². The smallest absolute Gasteiger partial charge is 0.255 e. The van der Waals surface area contributed by atoms with Crippen molar-refractivity contribution in [1.82, 2.24) is 4.90 Å². The molecule has 0 aromatic heterocycles. The number of anilines is 1. The molecule has 0 saturated heterocycles. The molecule has 0 radical (unpaired) electrons. The van der Waals surface area contributed by atoms with Crippen molar-refractivity contribution in [2.24, 2.45) is 5.41 Å². The van der Waals surface area contributed by atoms with Gasteiger partial charge in [-0.3, -0.25) is 4.79 Å². The van der Waals surface area contributed by atoms with Crippen LogP contribution in [0.5, 0.6) is 0 Å². The third-order valence-corrected chi connectivity index (χ3v) is 2.74. The van der Waals surface area contributed by atoms with E-state index < -0.39 is 0 Å². The Bertz CT molecular complexity index is 424. The van der Waals surface area contributed by atoms with E-state index in [9.17, 15) is 4.79 Å². The van der Waals surface area contributed by atoms with Gasteiger partial charge in [-0.05, 0) is 17.5 Å². The van der Waals surface area contributed by atoms with Gasteiger partial charge >= 0.3 is 0 Å². The van der Waals surface area contributed by atoms with Crippen molar-refractivity contribution in [3.8, 4) is 0 Å². The number of nitrogens with zero attached hydrogens (tertiary/aromatic N) is 1. The van der Waals surface area contributed by atoms with Gasteiger partial charge in [0, 0.05) is 13.6 Å². The summed E-state index contributed by atoms with van der Waals surface area (Å²) in [6.07, 6.45) is 0. The normalized spacial score (nSPS) is 11.4. The molecule has 0 atom stereocenters. The SMILES string of the molecule is CN(CC(C)(C)C)C(=O)c1cccc(N)c1Cl. The summed E-state index contributed by atoms with van der Waals surface area (Å²) in [5.74, 6) is -0.0998. The molecule has 0 fully saturated rings. The van der Waals surface area contributed by atoms with Crippen molar-refractivity contribution < 1.29 is 4.79 Å². The average molecular weight is 255 g/mol. The van der Waals surface area contributed by atoms with Crippen LogP contribution in [0.15, 0.2) is 18.2 Å². The van der Waals surface area contributed by atoms with Crippen molar-refractivity contribution in [2.45, 2.75) is 20.8 Å². The van der Waals surface area contributed by atoms with E-state index in [2.05, 4.69) is 20.8 Å². The van der Waals surface area contributed by atoms with Crippen LogP contribution >= 0.6 is 11.6 Å². The van der Waals surface area contributed by atoms with Crippen molar-refractivity contribution in [1.29, 1.82) is 0 Å². The van der Waals surface area contributed by atoms with Crippen LogP contribution in [0.2, 0.25) is 5.02 Å². The molecule has 0 spiro atoms. The summed E-state index contributed by atoms with van der Waals surface area (Å²) in [6, 6.07) is 5.11. The summed E-state index contributed by atoms with van der Waals surface area (Å²) in [6.45, 7) is 6.91. The van der Waals surface area contributed by atoms with E-state index in [-0.39, 0.29) is 11.3 Å². The number of carbonyl (C=O) groups excluding carboxylic acids is 1. The van der Waals surface area contributed by atoms with E-state index in [1.807, 2.05) is 0 Å². The molecule has 1 aromatic carbocycles. The number of rotatable bonds is 2. The molecular weight excluding hydrogens is 236 g/mol. The van der Waals surface area contributed by atoms with Crippen LogP contribution in [-0.2, 0) is 0 Å². The quantitative estimate of drug-likeness (QED) is 0.825. The largest absolute Gasteiger partial charge is 0.398 e. The van der Waals surface area contributed by atoms with E-state index in [1.165, 1.54) is 0 Å². The highest BCUT2D eigenvalue weighted by Crippen LogP contribution is 2.25. The number of hydrogen-bond donors (Lipinski definition) is 1. The van der Waals surface area contributed by atoms with E-state index in [4.69, 9.17) is 17.3 Å². The molecule has 17 heavy (non-hydrogen) atoms. The Morgan fingerprint density at radius 2 is 2.00 bits per heavy atom. The Balaban J connectivity index is 2.93. The minimum atomic E-state index is -0.0998. The van der Waals surface area contributed by atoms with Crippen LogP contribution < -0.4 is 5.73 Å². The molecule has 94 valence electrons. The van der Waals surface area contributed by atoms with Gasteiger partial charge < -0.3 is 10.6 Å². The number of amides is 1. The molecule has 4 heteroatoms. The topological polar surface area (TPSA) is 46.3 Å². The fourth-order valence-corrected chi connectivity index (χ4v) is 1.91. The summed E-state index contributed by atoms with van der Waals surface area (Å²) in [5.41, 5.74) is 6.62. The Hall–Kier alpha value is -1.22. The maximum absolute atomic E-state index is 12.2. The standard InChI is InChI=1S/C13H19ClN2O/c1-13(2,3)8-16(4)12(17)9-6-5-7-10(15)11(9)14/h5-7H,8,15H2,1-4H3. The van der Waals surface area contributed by atoms with Crippen LogP contribution in [0, 0.1) is 5.41 Å². The first-order chi connectivity index (χ1) is 7.72. The van der Waals surface area contributed by atoms with Gasteiger partial charge in [0.25, 0.3) is 5.91 Å². The monoisotopic (exact) mass is 254 g/mol. The van der Waals surface area contributed by atoms with Crippen molar-refractivity contribution in [2.75, 3.05) is 19.3 Å². The lowest BCUT2D eigenvalue weighted by atomic mass is 9.96. The van der Waals surface area contributed by atoms with Crippen molar-refractivity contribution in [3.05, 3.63) is 28.8 Å². The summed E-state index contributed by atoms with van der Waals surface area (Å²) < 4.78 is 0. The van der Waals surface area contributed by atoms with E-state index in [1.54, 1.807) is 30.1 Å². The molecule has 3 nitrogen and oxygen atoms in total. The van der Waals surface area contributed by atoms with Gasteiger partial charge in [-0.1, -0.05) is 38.4 Å². The van der Waals surface area contributed by atoms with E-state index >= 15 is 0 Å². The van der Waals surface area contributed by atoms with Gasteiger partial charge in [-0.2, -0.15) is 0 Å². The van der Waals surface area contributed by atoms with Crippen LogP contribution in [0.25, 0.3) is 0 Å². The first-order valence-electron chi connectivity index (χ1n) is 5.52. The number of nitrogens with two attached hydrogens (primary N) is 1. The number of benzene rings is 1. The van der Waals surface area contributed by atoms with Gasteiger partial charge in [0.1, 0.15) is 0 Å². The van der Waals surface area contributed by atoms with E-state index in [0.717, 1.165) is 0 Å². The number of nitrogen functional groups attached to an aromatic ring is 1. The summed E-state index contributed by atoms with van der Waals surface area (Å²) >= 11 is 6.03. The first kappa shape index (κ1) is 13.8. The third kappa shape index (κ3) is 3.63. The zero-order chi connectivity index (χ0) is 13.2. The summed E-state index contributed by atoms with van der Waals surface area (Å²) in [7, 11) is 1.77. The zero-order valence-electron chi connectivity index (χ0n) is 10.7. The molecule has 1 amide bonds. The molecule has 2 N–H and O–H groups in total. The van der Waals surface area contributed by atoms with Gasteiger partial charge in [0.2, 0.25) is 0 Å². The lowest BCUT2D eigenvalue weighted by Crippen LogP contribution is -2.34. The molecule has 0 bridgehead atoms. The second kappa shape index (κ2) is 4.96. The van der Waals surface area contributed by atoms with Crippen molar-refractivity contribution >= 4 is 23.2 Å². The fraction of sp³-hybridized carbons (Fsp3) is 0.462. The number of carbonyl (C=O) groups is 1. The zero-order valence-corrected chi connectivity index (χ0v) is 11.5. The van der Waals surface area contributed by atoms with Crippen LogP contribution in [0.4, 0.5) is 5.69 Å². The highest BCUT2D eigenvalue weighted by atomic mass is 35.5. The summed E-state index contributed by atoms with van der Waals surface area (Å²) in [5, 5.41) is 0.332. The maximum Gasteiger partial charge on any atom is 0.255 e. The van der Waals surface area contributed by atoms with Crippen LogP contribution in [0.3, 0.4) is 0 Å². The molecule has 0 aliphatic carbocycles. The fourth-order valence-electron chi connectivity index (χ4n) is 1.70. The maximum atomic E-state index is 12.2. The Kier molecular flexibility index (Phi) is 4.04. The molecule has 0 aliphatic heterocycles. The Morgan fingerprint density at radius 3 is 2.53 bits per heavy atom. The highest BCUT2D eigenvalue weighted by molar-refractivity contribution is 6.36. The van der Waals surface area contributed by atoms with Crippen molar-refractivity contribution in [3.63, 3.8) is 0 Å². The molecular formula is C13H19ClN2O. The molecule has 1 aromatic rings. The minimum absolute atomic E-state index is 0.0528. The average Bonchev–Trinajstić information content (AvgIpc) is 2.18. The second-order valence-electron chi connectivity index (χ2n) is 5.43. The lowest BCUT2D eigenvalue weighted by molar-refractivity contribution is 0.0746. The molecule has 0 heterocycles. The Labute approximate surface area is 108 Å². The summed E-state index contributed by atoms with van der Waals surface area (Å²) in [4.78, 5) is 13.8. The predicted octanol–water partition coefficient (Wildman–Crippen LogP) is 3.04. The molecule has 0 aliphatic rings. The third-order valence-electron chi connectivity index (χ3n) is 2.32. The van der Waals surface area contributed by atoms with Gasteiger partial charge in [0.15, 0.2) is 0 Å². The molecule has 0 saturated carbocycles. The van der Waals surface area contributed by atoms with Crippen LogP contribution in [0.1, 0.15) is 31.1 Å². The predicted molar refractivity (Wildman–Crippen MR) is 72.3 cm³/mol. The molecule has 1 rings (SSSR count). The van der Waals surface area contributed by atoms with Gasteiger partial charge in [0.05, 0.1) is 16.3 Å². The highest BCUT2D eigenvalue weighted by Gasteiger charge is 2.21. The van der Waals surface area contributed by atoms with Crippen LogP contribution in [-0.4, -0.2) is 24.4 Å².